The molecule has 0 aliphatic rings. The van der Waals surface area contributed by atoms with Gasteiger partial charge in [0.05, 0.1) is 12.2 Å². The number of benzene rings is 2. The van der Waals surface area contributed by atoms with Gasteiger partial charge in [-0.1, -0.05) is 64.7 Å². The van der Waals surface area contributed by atoms with Crippen LogP contribution in [0.2, 0.25) is 0 Å². The maximum absolute atomic E-state index is 11.5. The molecule has 0 atom stereocenters. The summed E-state index contributed by atoms with van der Waals surface area (Å²) in [6.45, 7) is 8.57. The molecule has 0 aliphatic heterocycles. The predicted octanol–water partition coefficient (Wildman–Crippen LogP) is 6.59. The van der Waals surface area contributed by atoms with Crippen molar-refractivity contribution in [1.82, 2.24) is 0 Å². The van der Waals surface area contributed by atoms with Crippen LogP contribution in [-0.2, 0) is 14.9 Å². The molecule has 4 heteroatoms. The Kier molecular flexibility index (Phi) is 8.52. The Morgan fingerprint density at radius 1 is 1.03 bits per heavy atom. The molecule has 0 aromatic heterocycles. The van der Waals surface area contributed by atoms with E-state index in [2.05, 4.69) is 20.8 Å². The molecule has 2 rings (SSSR count). The van der Waals surface area contributed by atoms with Crippen molar-refractivity contribution in [3.63, 3.8) is 0 Å². The minimum absolute atomic E-state index is 0.0538. The molecule has 0 spiro atoms. The Morgan fingerprint density at radius 2 is 1.73 bits per heavy atom. The third kappa shape index (κ3) is 6.38. The van der Waals surface area contributed by atoms with Gasteiger partial charge in [-0.15, -0.1) is 0 Å². The molecule has 2 aromatic carbocycles. The lowest BCUT2D eigenvalue weighted by Gasteiger charge is -2.26. The largest absolute Gasteiger partial charge is 0.507 e. The van der Waals surface area contributed by atoms with Crippen molar-refractivity contribution >= 4 is 12.0 Å². The number of rotatable bonds is 10. The van der Waals surface area contributed by atoms with Crippen LogP contribution in [0.3, 0.4) is 0 Å². The summed E-state index contributed by atoms with van der Waals surface area (Å²) in [5.74, 6) is -0.296. The van der Waals surface area contributed by atoms with E-state index in [1.54, 1.807) is 25.1 Å². The second kappa shape index (κ2) is 10.9. The van der Waals surface area contributed by atoms with Gasteiger partial charge in [0.2, 0.25) is 0 Å². The molecule has 0 amide bonds. The minimum atomic E-state index is -0.404. The summed E-state index contributed by atoms with van der Waals surface area (Å²) in [5, 5.41) is 21.5. The second-order valence-corrected chi connectivity index (χ2v) is 8.29. The van der Waals surface area contributed by atoms with Gasteiger partial charge in [-0.3, -0.25) is 0 Å². The number of carbonyl (C=O) groups excluding carboxylic acids is 1. The zero-order valence-corrected chi connectivity index (χ0v) is 18.6. The summed E-state index contributed by atoms with van der Waals surface area (Å²) >= 11 is 0. The average Bonchev–Trinajstić information content (AvgIpc) is 2.70. The van der Waals surface area contributed by atoms with Crippen LogP contribution in [0.4, 0.5) is 0 Å². The van der Waals surface area contributed by atoms with E-state index in [1.807, 2.05) is 24.3 Å². The normalized spacial score (nSPS) is 11.7. The maximum Gasteiger partial charge on any atom is 0.330 e. The monoisotopic (exact) mass is 410 g/mol. The van der Waals surface area contributed by atoms with Gasteiger partial charge in [0.15, 0.2) is 0 Å². The molecule has 0 saturated heterocycles. The molecule has 0 aliphatic carbocycles. The van der Waals surface area contributed by atoms with Gasteiger partial charge in [-0.25, -0.2) is 4.79 Å². The first-order chi connectivity index (χ1) is 14.3. The first-order valence-electron chi connectivity index (χ1n) is 10.8. The third-order valence-electron chi connectivity index (χ3n) is 5.41. The van der Waals surface area contributed by atoms with Crippen LogP contribution in [-0.4, -0.2) is 22.8 Å². The van der Waals surface area contributed by atoms with E-state index < -0.39 is 5.97 Å². The Bertz CT molecular complexity index is 857. The molecule has 2 N–H and O–H groups in total. The number of hydrogen-bond donors (Lipinski definition) is 2. The lowest BCUT2D eigenvalue weighted by Crippen LogP contribution is -2.17. The van der Waals surface area contributed by atoms with Crippen molar-refractivity contribution in [2.24, 2.45) is 0 Å². The van der Waals surface area contributed by atoms with Crippen LogP contribution < -0.4 is 0 Å². The van der Waals surface area contributed by atoms with Crippen molar-refractivity contribution < 1.29 is 19.7 Å². The number of carbonyl (C=O) groups is 1. The van der Waals surface area contributed by atoms with Gasteiger partial charge < -0.3 is 14.9 Å². The number of hydrogen-bond acceptors (Lipinski definition) is 4. The molecule has 0 fully saturated rings. The van der Waals surface area contributed by atoms with Crippen molar-refractivity contribution in [3.8, 4) is 22.6 Å². The number of phenolic OH excluding ortho intramolecular Hbond substituents is 2. The highest BCUT2D eigenvalue weighted by atomic mass is 16.5. The zero-order chi connectivity index (χ0) is 22.1. The van der Waals surface area contributed by atoms with E-state index in [4.69, 9.17) is 4.74 Å². The highest BCUT2D eigenvalue weighted by Crippen LogP contribution is 2.42. The predicted molar refractivity (Wildman–Crippen MR) is 123 cm³/mol. The molecule has 0 bridgehead atoms. The zero-order valence-electron chi connectivity index (χ0n) is 18.6. The van der Waals surface area contributed by atoms with Crippen LogP contribution >= 0.6 is 0 Å². The van der Waals surface area contributed by atoms with Crippen LogP contribution in [0.5, 0.6) is 11.5 Å². The maximum atomic E-state index is 11.5. The van der Waals surface area contributed by atoms with E-state index in [0.29, 0.717) is 17.7 Å². The smallest absolute Gasteiger partial charge is 0.330 e. The van der Waals surface area contributed by atoms with Crippen LogP contribution in [0.15, 0.2) is 42.5 Å². The summed E-state index contributed by atoms with van der Waals surface area (Å²) in [5.41, 5.74) is 2.65. The minimum Gasteiger partial charge on any atom is -0.507 e. The standard InChI is InChI=1S/C26H34O4/c1-5-7-8-9-15-26(3,4)21-17-22(27)25(23(28)18-21)20-12-10-11-19(16-20)13-14-24(29)30-6-2/h10-14,16-18,27-28H,5-9,15H2,1-4H3. The molecule has 2 aromatic rings. The van der Waals surface area contributed by atoms with Gasteiger partial charge in [-0.2, -0.15) is 0 Å². The number of unbranched alkanes of at least 4 members (excludes halogenated alkanes) is 3. The molecule has 0 saturated carbocycles. The van der Waals surface area contributed by atoms with E-state index in [1.165, 1.54) is 25.3 Å². The first-order valence-corrected chi connectivity index (χ1v) is 10.8. The van der Waals surface area contributed by atoms with Crippen LogP contribution in [0.25, 0.3) is 17.2 Å². The number of ether oxygens (including phenoxy) is 1. The fourth-order valence-electron chi connectivity index (χ4n) is 3.59. The number of phenols is 2. The molecule has 0 unspecified atom stereocenters. The number of aromatic hydroxyl groups is 2. The van der Waals surface area contributed by atoms with Crippen molar-refractivity contribution in [2.45, 2.75) is 65.2 Å². The van der Waals surface area contributed by atoms with E-state index in [0.717, 1.165) is 24.0 Å². The molecule has 0 heterocycles. The van der Waals surface area contributed by atoms with E-state index in [-0.39, 0.29) is 16.9 Å². The molecular weight excluding hydrogens is 376 g/mol. The Morgan fingerprint density at radius 3 is 2.37 bits per heavy atom. The van der Waals surface area contributed by atoms with Gasteiger partial charge in [-0.05, 0) is 59.7 Å². The van der Waals surface area contributed by atoms with Gasteiger partial charge in [0.25, 0.3) is 0 Å². The molecular formula is C26H34O4. The summed E-state index contributed by atoms with van der Waals surface area (Å²) in [7, 11) is 0. The van der Waals surface area contributed by atoms with E-state index in [9.17, 15) is 15.0 Å². The Hall–Kier alpha value is -2.75. The summed E-state index contributed by atoms with van der Waals surface area (Å²) < 4.78 is 4.90. The third-order valence-corrected chi connectivity index (χ3v) is 5.41. The van der Waals surface area contributed by atoms with Crippen LogP contribution in [0, 0.1) is 0 Å². The highest BCUT2D eigenvalue weighted by Gasteiger charge is 2.23. The topological polar surface area (TPSA) is 66.8 Å². The highest BCUT2D eigenvalue weighted by molar-refractivity contribution is 5.87. The number of esters is 1. The molecule has 4 nitrogen and oxygen atoms in total. The molecule has 162 valence electrons. The quantitative estimate of drug-likeness (QED) is 0.263. The summed E-state index contributed by atoms with van der Waals surface area (Å²) in [6, 6.07) is 10.8. The van der Waals surface area contributed by atoms with Crippen LogP contribution in [0.1, 0.15) is 70.9 Å². The Balaban J connectivity index is 2.27. The van der Waals surface area contributed by atoms with Gasteiger partial charge >= 0.3 is 5.97 Å². The van der Waals surface area contributed by atoms with Crippen molar-refractivity contribution in [3.05, 3.63) is 53.6 Å². The summed E-state index contributed by atoms with van der Waals surface area (Å²) in [6.07, 6.45) is 8.77. The lowest BCUT2D eigenvalue weighted by atomic mass is 9.79. The second-order valence-electron chi connectivity index (χ2n) is 8.29. The van der Waals surface area contributed by atoms with Crippen molar-refractivity contribution in [2.75, 3.05) is 6.61 Å². The van der Waals surface area contributed by atoms with Gasteiger partial charge in [0, 0.05) is 6.08 Å². The fourth-order valence-corrected chi connectivity index (χ4v) is 3.59. The lowest BCUT2D eigenvalue weighted by molar-refractivity contribution is -0.137. The average molecular weight is 411 g/mol. The molecule has 0 radical (unpaired) electrons. The van der Waals surface area contributed by atoms with E-state index >= 15 is 0 Å². The molecule has 30 heavy (non-hydrogen) atoms. The van der Waals surface area contributed by atoms with Gasteiger partial charge in [0.1, 0.15) is 11.5 Å². The fraction of sp³-hybridized carbons (Fsp3) is 0.423. The first kappa shape index (κ1) is 23.5. The Labute approximate surface area is 180 Å². The van der Waals surface area contributed by atoms with Crippen molar-refractivity contribution in [1.29, 1.82) is 0 Å². The SMILES string of the molecule is CCCCCCC(C)(C)c1cc(O)c(-c2cccc(C=CC(=O)OCC)c2)c(O)c1. The summed E-state index contributed by atoms with van der Waals surface area (Å²) in [4.78, 5) is 11.5.